The van der Waals surface area contributed by atoms with Crippen LogP contribution in [0.1, 0.15) is 20.3 Å². The minimum Gasteiger partial charge on any atom is -0.466 e. The van der Waals surface area contributed by atoms with Crippen LogP contribution in [0.2, 0.25) is 0 Å². The van der Waals surface area contributed by atoms with Gasteiger partial charge in [-0.15, -0.1) is 0 Å². The summed E-state index contributed by atoms with van der Waals surface area (Å²) in [6.45, 7) is 3.67. The van der Waals surface area contributed by atoms with Crippen molar-refractivity contribution in [2.75, 3.05) is 6.61 Å². The molecule has 0 aliphatic carbocycles. The summed E-state index contributed by atoms with van der Waals surface area (Å²) in [6.07, 6.45) is -0.502. The maximum Gasteiger partial charge on any atom is 0.308 e. The Morgan fingerprint density at radius 1 is 1.64 bits per heavy atom. The molecule has 5 heteroatoms. The average Bonchev–Trinajstić information content (AvgIpc) is 1.63. The van der Waals surface area contributed by atoms with Crippen LogP contribution in [-0.4, -0.2) is 105 Å². The predicted octanol–water partition coefficient (Wildman–Crippen LogP) is -0.441. The van der Waals surface area contributed by atoms with Gasteiger partial charge in [-0.3, -0.25) is 4.79 Å². The number of rotatable bonds is 3. The predicted molar refractivity (Wildman–Crippen MR) is 44.4 cm³/mol. The summed E-state index contributed by atoms with van der Waals surface area (Å²) in [4.78, 5) is 10.5. The van der Waals surface area contributed by atoms with Crippen molar-refractivity contribution in [3.8, 4) is 0 Å². The van der Waals surface area contributed by atoms with Crippen LogP contribution < -0.4 is 0 Å². The van der Waals surface area contributed by atoms with Crippen molar-refractivity contribution in [1.29, 1.82) is 0 Å². The van der Waals surface area contributed by atoms with E-state index in [1.165, 1.54) is 0 Å². The zero-order valence-corrected chi connectivity index (χ0v) is 12.9. The first-order valence-corrected chi connectivity index (χ1v) is 3.00. The fourth-order valence-corrected chi connectivity index (χ4v) is 0.461. The number of aliphatic hydroxyl groups is 1. The second-order valence-corrected chi connectivity index (χ2v) is 1.86. The van der Waals surface area contributed by atoms with E-state index in [9.17, 15) is 4.79 Å². The van der Waals surface area contributed by atoms with Crippen molar-refractivity contribution in [2.45, 2.75) is 26.4 Å². The van der Waals surface area contributed by atoms with Crippen molar-refractivity contribution in [2.24, 2.45) is 0 Å². The molecule has 0 aromatic rings. The third-order valence-corrected chi connectivity index (χ3v) is 0.767. The van der Waals surface area contributed by atoms with Crippen LogP contribution in [0.5, 0.6) is 0 Å². The van der Waals surface area contributed by atoms with Crippen LogP contribution in [0.4, 0.5) is 0 Å². The van der Waals surface area contributed by atoms with Gasteiger partial charge in [-0.25, -0.2) is 0 Å². The number of ether oxygens (including phenoxy) is 1. The van der Waals surface area contributed by atoms with Gasteiger partial charge in [0.05, 0.1) is 19.1 Å². The van der Waals surface area contributed by atoms with Crippen LogP contribution in [-0.2, 0) is 9.53 Å². The molecule has 3 nitrogen and oxygen atoms in total. The first-order chi connectivity index (χ1) is 4.16. The Bertz CT molecular complexity index is 97.8. The summed E-state index contributed by atoms with van der Waals surface area (Å²) in [5, 5.41) is 8.65. The van der Waals surface area contributed by atoms with E-state index < -0.39 is 6.10 Å². The van der Waals surface area contributed by atoms with Gasteiger partial charge in [0.15, 0.2) is 0 Å². The molecule has 1 atom stereocenters. The minimum atomic E-state index is -0.593. The molecular weight excluding hydrogens is 182 g/mol. The molecule has 0 saturated heterocycles. The topological polar surface area (TPSA) is 46.5 Å². The van der Waals surface area contributed by atoms with Gasteiger partial charge in [-0.2, -0.15) is 0 Å². The van der Waals surface area contributed by atoms with Gasteiger partial charge in [0.2, 0.25) is 0 Å². The molecule has 0 bridgehead atoms. The average molecular weight is 194 g/mol. The molecule has 2 radical (unpaired) electrons. The summed E-state index contributed by atoms with van der Waals surface area (Å²) in [5.41, 5.74) is 0. The number of carbonyl (C=O) groups excluding carboxylic acids is 1. The second-order valence-electron chi connectivity index (χ2n) is 1.86. The number of esters is 1. The van der Waals surface area contributed by atoms with E-state index >= 15 is 0 Å². The van der Waals surface area contributed by atoms with E-state index in [2.05, 4.69) is 4.74 Å². The Balaban J connectivity index is -0.000000320. The van der Waals surface area contributed by atoms with E-state index in [0.717, 1.165) is 0 Å². The number of hydrogen-bond acceptors (Lipinski definition) is 3. The molecule has 0 saturated carbocycles. The third-order valence-electron chi connectivity index (χ3n) is 0.767. The van der Waals surface area contributed by atoms with Gasteiger partial charge >= 0.3 is 5.97 Å². The molecule has 1 unspecified atom stereocenters. The standard InChI is InChI=1S/C6H12O3.K.Na/c1-3-9-6(8)4-5(2)7;;/h5,7H,3-4H2,1-2H3;;. The van der Waals surface area contributed by atoms with Gasteiger partial charge < -0.3 is 9.84 Å². The maximum absolute atomic E-state index is 10.5. The molecule has 0 amide bonds. The molecule has 0 rings (SSSR count). The van der Waals surface area contributed by atoms with Gasteiger partial charge in [-0.05, 0) is 13.8 Å². The van der Waals surface area contributed by atoms with E-state index in [1.807, 2.05) is 0 Å². The van der Waals surface area contributed by atoms with Crippen LogP contribution >= 0.6 is 0 Å². The van der Waals surface area contributed by atoms with Crippen LogP contribution in [0.15, 0.2) is 0 Å². The smallest absolute Gasteiger partial charge is 0.308 e. The first-order valence-electron chi connectivity index (χ1n) is 3.00. The van der Waals surface area contributed by atoms with Crippen molar-refractivity contribution in [3.05, 3.63) is 0 Å². The molecule has 0 heterocycles. The van der Waals surface area contributed by atoms with Gasteiger partial charge in [0, 0.05) is 80.9 Å². The number of carbonyl (C=O) groups is 1. The largest absolute Gasteiger partial charge is 0.466 e. The van der Waals surface area contributed by atoms with Crippen molar-refractivity contribution in [3.63, 3.8) is 0 Å². The van der Waals surface area contributed by atoms with Gasteiger partial charge in [0.1, 0.15) is 0 Å². The molecule has 0 aliphatic rings. The fourth-order valence-electron chi connectivity index (χ4n) is 0.461. The molecule has 1 N–H and O–H groups in total. The quantitative estimate of drug-likeness (QED) is 0.489. The molecule has 0 aromatic heterocycles. The fraction of sp³-hybridized carbons (Fsp3) is 0.833. The maximum atomic E-state index is 10.5. The summed E-state index contributed by atoms with van der Waals surface area (Å²) < 4.78 is 4.55. The third kappa shape index (κ3) is 14.9. The Labute approximate surface area is 132 Å². The summed E-state index contributed by atoms with van der Waals surface area (Å²) in [5.74, 6) is -0.340. The second kappa shape index (κ2) is 12.1. The SMILES string of the molecule is CCOC(=O)CC(C)O.[K].[Na]. The van der Waals surface area contributed by atoms with E-state index in [1.54, 1.807) is 13.8 Å². The Kier molecular flexibility index (Phi) is 20.6. The van der Waals surface area contributed by atoms with Crippen molar-refractivity contribution >= 4 is 86.9 Å². The Hall–Kier alpha value is 2.07. The molecular formula is C6H12KNaO3. The van der Waals surface area contributed by atoms with E-state index in [4.69, 9.17) is 5.11 Å². The zero-order valence-electron chi connectivity index (χ0n) is 7.76. The molecule has 0 fully saturated rings. The molecule has 0 aromatic carbocycles. The van der Waals surface area contributed by atoms with Crippen LogP contribution in [0.25, 0.3) is 0 Å². The monoisotopic (exact) mass is 194 g/mol. The van der Waals surface area contributed by atoms with Crippen LogP contribution in [0.3, 0.4) is 0 Å². The molecule has 0 spiro atoms. The Morgan fingerprint density at radius 2 is 2.09 bits per heavy atom. The normalized spacial score (nSPS) is 10.5. The zero-order chi connectivity index (χ0) is 7.28. The summed E-state index contributed by atoms with van der Waals surface area (Å²) in [7, 11) is 0. The molecule has 0 aliphatic heterocycles. The van der Waals surface area contributed by atoms with Gasteiger partial charge in [0.25, 0.3) is 0 Å². The summed E-state index contributed by atoms with van der Waals surface area (Å²) in [6, 6.07) is 0. The van der Waals surface area contributed by atoms with Crippen LogP contribution in [0, 0.1) is 0 Å². The number of aliphatic hydroxyl groups excluding tert-OH is 1. The molecule has 56 valence electrons. The van der Waals surface area contributed by atoms with Crippen molar-refractivity contribution in [1.82, 2.24) is 0 Å². The molecule has 11 heavy (non-hydrogen) atoms. The minimum absolute atomic E-state index is 0. The van der Waals surface area contributed by atoms with Crippen molar-refractivity contribution < 1.29 is 14.6 Å². The van der Waals surface area contributed by atoms with E-state index in [0.29, 0.717) is 6.61 Å². The van der Waals surface area contributed by atoms with E-state index in [-0.39, 0.29) is 93.3 Å². The summed E-state index contributed by atoms with van der Waals surface area (Å²) >= 11 is 0. The Morgan fingerprint density at radius 3 is 2.36 bits per heavy atom. The first kappa shape index (κ1) is 18.8. The van der Waals surface area contributed by atoms with Gasteiger partial charge in [-0.1, -0.05) is 0 Å². The number of hydrogen-bond donors (Lipinski definition) is 1.